The van der Waals surface area contributed by atoms with Gasteiger partial charge >= 0.3 is 0 Å². The first-order valence-electron chi connectivity index (χ1n) is 6.47. The van der Waals surface area contributed by atoms with Crippen LogP contribution >= 0.6 is 0 Å². The maximum atomic E-state index is 3.69. The van der Waals surface area contributed by atoms with E-state index < -0.39 is 0 Å². The van der Waals surface area contributed by atoms with Gasteiger partial charge in [-0.3, -0.25) is 0 Å². The van der Waals surface area contributed by atoms with Crippen molar-refractivity contribution in [1.82, 2.24) is 5.32 Å². The van der Waals surface area contributed by atoms with Crippen LogP contribution < -0.4 is 5.32 Å². The van der Waals surface area contributed by atoms with E-state index in [9.17, 15) is 0 Å². The lowest BCUT2D eigenvalue weighted by atomic mass is 9.88. The highest BCUT2D eigenvalue weighted by Crippen LogP contribution is 2.31. The molecule has 1 aliphatic carbocycles. The Hall–Kier alpha value is -0.820. The topological polar surface area (TPSA) is 12.0 Å². The molecular weight excluding hydrogens is 194 g/mol. The Morgan fingerprint density at radius 2 is 1.88 bits per heavy atom. The van der Waals surface area contributed by atoms with E-state index in [1.165, 1.54) is 12.0 Å². The predicted molar refractivity (Wildman–Crippen MR) is 69.6 cm³/mol. The smallest absolute Gasteiger partial charge is 0.00966 e. The van der Waals surface area contributed by atoms with E-state index in [4.69, 9.17) is 0 Å². The Morgan fingerprint density at radius 1 is 1.25 bits per heavy atom. The van der Waals surface area contributed by atoms with Crippen LogP contribution in [0.15, 0.2) is 30.3 Å². The molecule has 1 saturated carbocycles. The van der Waals surface area contributed by atoms with Gasteiger partial charge in [0.05, 0.1) is 0 Å². The summed E-state index contributed by atoms with van der Waals surface area (Å²) in [6, 6.07) is 11.7. The molecule has 3 atom stereocenters. The molecular formula is C15H23N. The van der Waals surface area contributed by atoms with E-state index in [2.05, 4.69) is 56.4 Å². The largest absolute Gasteiger partial charge is 0.313 e. The van der Waals surface area contributed by atoms with Crippen molar-refractivity contribution in [1.29, 1.82) is 0 Å². The minimum atomic E-state index is 0.647. The summed E-state index contributed by atoms with van der Waals surface area (Å²) in [6.45, 7) is 8.08. The highest BCUT2D eigenvalue weighted by atomic mass is 15.0. The summed E-state index contributed by atoms with van der Waals surface area (Å²) in [6.07, 6.45) is 1.36. The molecule has 1 aromatic carbocycles. The van der Waals surface area contributed by atoms with Crippen molar-refractivity contribution in [2.24, 2.45) is 11.8 Å². The van der Waals surface area contributed by atoms with Gasteiger partial charge in [0.1, 0.15) is 0 Å². The van der Waals surface area contributed by atoms with Crippen LogP contribution in [0.1, 0.15) is 38.7 Å². The Balaban J connectivity index is 1.95. The standard InChI is InChI=1S/C15H23N/c1-11(2)14(10-16-15-9-12(15)3)13-7-5-4-6-8-13/h4-8,11-12,14-16H,9-10H2,1-3H3. The highest BCUT2D eigenvalue weighted by Gasteiger charge is 2.32. The number of rotatable bonds is 5. The van der Waals surface area contributed by atoms with Gasteiger partial charge in [0.25, 0.3) is 0 Å². The Morgan fingerprint density at radius 3 is 2.38 bits per heavy atom. The molecule has 1 fully saturated rings. The summed E-state index contributed by atoms with van der Waals surface area (Å²) in [5.74, 6) is 2.24. The van der Waals surface area contributed by atoms with Gasteiger partial charge in [-0.25, -0.2) is 0 Å². The van der Waals surface area contributed by atoms with Gasteiger partial charge in [0.15, 0.2) is 0 Å². The summed E-state index contributed by atoms with van der Waals surface area (Å²) in [5, 5.41) is 3.69. The van der Waals surface area contributed by atoms with E-state index in [0.717, 1.165) is 18.5 Å². The molecule has 1 nitrogen and oxygen atoms in total. The molecule has 0 heterocycles. The van der Waals surface area contributed by atoms with Crippen LogP contribution in [0.25, 0.3) is 0 Å². The Labute approximate surface area is 99.3 Å². The molecule has 0 spiro atoms. The molecule has 1 aromatic rings. The quantitative estimate of drug-likeness (QED) is 0.797. The lowest BCUT2D eigenvalue weighted by Gasteiger charge is -2.22. The average molecular weight is 217 g/mol. The minimum Gasteiger partial charge on any atom is -0.313 e. The fourth-order valence-corrected chi connectivity index (χ4v) is 2.32. The summed E-state index contributed by atoms with van der Waals surface area (Å²) in [7, 11) is 0. The zero-order valence-electron chi connectivity index (χ0n) is 10.6. The van der Waals surface area contributed by atoms with E-state index in [1.807, 2.05) is 0 Å². The number of nitrogens with one attached hydrogen (secondary N) is 1. The maximum Gasteiger partial charge on any atom is 0.00966 e. The van der Waals surface area contributed by atoms with Gasteiger partial charge in [-0.1, -0.05) is 51.1 Å². The molecule has 16 heavy (non-hydrogen) atoms. The molecule has 0 amide bonds. The first-order chi connectivity index (χ1) is 7.68. The van der Waals surface area contributed by atoms with E-state index in [-0.39, 0.29) is 0 Å². The summed E-state index contributed by atoms with van der Waals surface area (Å²) < 4.78 is 0. The molecule has 1 heteroatoms. The van der Waals surface area contributed by atoms with E-state index in [0.29, 0.717) is 11.8 Å². The van der Waals surface area contributed by atoms with Crippen LogP contribution in [0.4, 0.5) is 0 Å². The molecule has 0 bridgehead atoms. The van der Waals surface area contributed by atoms with Gasteiger partial charge in [-0.15, -0.1) is 0 Å². The van der Waals surface area contributed by atoms with Crippen LogP contribution in [0.3, 0.4) is 0 Å². The number of hydrogen-bond donors (Lipinski definition) is 1. The maximum absolute atomic E-state index is 3.69. The molecule has 0 radical (unpaired) electrons. The Bertz CT molecular complexity index is 317. The molecule has 3 unspecified atom stereocenters. The minimum absolute atomic E-state index is 0.647. The van der Waals surface area contributed by atoms with Gasteiger partial charge < -0.3 is 5.32 Å². The molecule has 0 saturated heterocycles. The highest BCUT2D eigenvalue weighted by molar-refractivity contribution is 5.20. The zero-order chi connectivity index (χ0) is 11.5. The normalized spacial score (nSPS) is 25.8. The molecule has 2 rings (SSSR count). The van der Waals surface area contributed by atoms with Crippen molar-refractivity contribution in [3.8, 4) is 0 Å². The number of benzene rings is 1. The fourth-order valence-electron chi connectivity index (χ4n) is 2.32. The van der Waals surface area contributed by atoms with Gasteiger partial charge in [-0.05, 0) is 29.7 Å². The Kier molecular flexibility index (Phi) is 3.65. The van der Waals surface area contributed by atoms with Crippen molar-refractivity contribution in [3.63, 3.8) is 0 Å². The second-order valence-electron chi connectivity index (χ2n) is 5.49. The van der Waals surface area contributed by atoms with Crippen molar-refractivity contribution < 1.29 is 0 Å². The van der Waals surface area contributed by atoms with Crippen molar-refractivity contribution >= 4 is 0 Å². The predicted octanol–water partition coefficient (Wildman–Crippen LogP) is 3.42. The van der Waals surface area contributed by atoms with Gasteiger partial charge in [0, 0.05) is 12.6 Å². The van der Waals surface area contributed by atoms with Crippen molar-refractivity contribution in [2.45, 2.75) is 39.2 Å². The van der Waals surface area contributed by atoms with E-state index in [1.54, 1.807) is 0 Å². The summed E-state index contributed by atoms with van der Waals surface area (Å²) in [5.41, 5.74) is 1.47. The van der Waals surface area contributed by atoms with Crippen molar-refractivity contribution in [3.05, 3.63) is 35.9 Å². The third-order valence-electron chi connectivity index (χ3n) is 3.74. The lowest BCUT2D eigenvalue weighted by Crippen LogP contribution is -2.27. The SMILES string of the molecule is CC(C)C(CNC1CC1C)c1ccccc1. The summed E-state index contributed by atoms with van der Waals surface area (Å²) in [4.78, 5) is 0. The zero-order valence-corrected chi connectivity index (χ0v) is 10.6. The van der Waals surface area contributed by atoms with Crippen LogP contribution in [0.2, 0.25) is 0 Å². The first kappa shape index (κ1) is 11.7. The molecule has 0 aromatic heterocycles. The van der Waals surface area contributed by atoms with Crippen LogP contribution in [-0.4, -0.2) is 12.6 Å². The third kappa shape index (κ3) is 2.85. The molecule has 1 N–H and O–H groups in total. The average Bonchev–Trinajstić information content (AvgIpc) is 2.96. The first-order valence-corrected chi connectivity index (χ1v) is 6.47. The molecule has 88 valence electrons. The second-order valence-corrected chi connectivity index (χ2v) is 5.49. The third-order valence-corrected chi connectivity index (χ3v) is 3.74. The lowest BCUT2D eigenvalue weighted by molar-refractivity contribution is 0.456. The summed E-state index contributed by atoms with van der Waals surface area (Å²) >= 11 is 0. The van der Waals surface area contributed by atoms with E-state index >= 15 is 0 Å². The molecule has 1 aliphatic rings. The van der Waals surface area contributed by atoms with Crippen molar-refractivity contribution in [2.75, 3.05) is 6.54 Å². The van der Waals surface area contributed by atoms with Gasteiger partial charge in [-0.2, -0.15) is 0 Å². The van der Waals surface area contributed by atoms with Crippen LogP contribution in [0, 0.1) is 11.8 Å². The van der Waals surface area contributed by atoms with Crippen LogP contribution in [-0.2, 0) is 0 Å². The fraction of sp³-hybridized carbons (Fsp3) is 0.600. The second kappa shape index (κ2) is 5.01. The molecule has 0 aliphatic heterocycles. The monoisotopic (exact) mass is 217 g/mol. The van der Waals surface area contributed by atoms with Gasteiger partial charge in [0.2, 0.25) is 0 Å². The van der Waals surface area contributed by atoms with Crippen LogP contribution in [0.5, 0.6) is 0 Å². The number of hydrogen-bond acceptors (Lipinski definition) is 1.